The van der Waals surface area contributed by atoms with Gasteiger partial charge in [0.25, 0.3) is 0 Å². The first-order valence-corrected chi connectivity index (χ1v) is 12.4. The van der Waals surface area contributed by atoms with Crippen molar-refractivity contribution in [1.29, 1.82) is 0 Å². The molecule has 1 saturated heterocycles. The Hall–Kier alpha value is -2.49. The van der Waals surface area contributed by atoms with Gasteiger partial charge in [0.1, 0.15) is 5.52 Å². The minimum Gasteiger partial charge on any atom is -0.352 e. The minimum absolute atomic E-state index is 0.121. The van der Waals surface area contributed by atoms with Crippen LogP contribution < -0.4 is 5.32 Å². The van der Waals surface area contributed by atoms with Gasteiger partial charge in [-0.2, -0.15) is 4.31 Å². The molecule has 1 unspecified atom stereocenters. The molecule has 0 radical (unpaired) electrons. The molecular formula is C22H26ClN5O3S. The highest BCUT2D eigenvalue weighted by atomic mass is 35.5. The van der Waals surface area contributed by atoms with Gasteiger partial charge < -0.3 is 5.32 Å². The molecule has 1 atom stereocenters. The molecule has 0 saturated carbocycles. The monoisotopic (exact) mass is 475 g/mol. The first-order chi connectivity index (χ1) is 15.3. The fourth-order valence-corrected chi connectivity index (χ4v) is 5.73. The summed E-state index contributed by atoms with van der Waals surface area (Å²) in [7, 11) is -3.74. The first-order valence-electron chi connectivity index (χ1n) is 10.6. The van der Waals surface area contributed by atoms with Crippen molar-refractivity contribution in [1.82, 2.24) is 24.6 Å². The number of halogens is 1. The zero-order valence-corrected chi connectivity index (χ0v) is 19.6. The van der Waals surface area contributed by atoms with Crippen molar-refractivity contribution in [2.45, 2.75) is 44.2 Å². The summed E-state index contributed by atoms with van der Waals surface area (Å²) in [4.78, 5) is 12.9. The number of rotatable bonds is 6. The molecule has 32 heavy (non-hydrogen) atoms. The van der Waals surface area contributed by atoms with Gasteiger partial charge in [-0.05, 0) is 62.6 Å². The third-order valence-electron chi connectivity index (χ3n) is 5.68. The molecule has 1 N–H and O–H groups in total. The van der Waals surface area contributed by atoms with Crippen LogP contribution in [0.15, 0.2) is 47.4 Å². The highest BCUT2D eigenvalue weighted by Gasteiger charge is 2.33. The molecule has 2 heterocycles. The summed E-state index contributed by atoms with van der Waals surface area (Å²) >= 11 is 5.99. The molecular weight excluding hydrogens is 450 g/mol. The highest BCUT2D eigenvalue weighted by Crippen LogP contribution is 2.26. The summed E-state index contributed by atoms with van der Waals surface area (Å²) in [6.07, 6.45) is 1.27. The van der Waals surface area contributed by atoms with Gasteiger partial charge in [0.05, 0.1) is 16.3 Å². The van der Waals surface area contributed by atoms with Crippen molar-refractivity contribution in [2.24, 2.45) is 5.92 Å². The maximum absolute atomic E-state index is 13.3. The summed E-state index contributed by atoms with van der Waals surface area (Å²) in [5.74, 6) is -0.552. The fourth-order valence-electron chi connectivity index (χ4n) is 3.97. The Kier molecular flexibility index (Phi) is 6.50. The molecule has 1 aliphatic rings. The van der Waals surface area contributed by atoms with Crippen LogP contribution in [0.3, 0.4) is 0 Å². The lowest BCUT2D eigenvalue weighted by Gasteiger charge is -2.31. The van der Waals surface area contributed by atoms with Crippen molar-refractivity contribution in [3.8, 4) is 0 Å². The fraction of sp³-hybridized carbons (Fsp3) is 0.409. The van der Waals surface area contributed by atoms with Gasteiger partial charge in [-0.15, -0.1) is 5.10 Å². The molecule has 0 spiro atoms. The molecule has 2 aromatic carbocycles. The topological polar surface area (TPSA) is 97.2 Å². The predicted molar refractivity (Wildman–Crippen MR) is 123 cm³/mol. The van der Waals surface area contributed by atoms with E-state index in [1.165, 1.54) is 4.31 Å². The summed E-state index contributed by atoms with van der Waals surface area (Å²) in [5.41, 5.74) is 2.22. The van der Waals surface area contributed by atoms with Crippen molar-refractivity contribution in [2.75, 3.05) is 13.1 Å². The third kappa shape index (κ3) is 4.65. The number of nitrogens with one attached hydrogen (secondary N) is 1. The van der Waals surface area contributed by atoms with Crippen molar-refractivity contribution >= 4 is 38.6 Å². The number of hydrogen-bond acceptors (Lipinski definition) is 5. The predicted octanol–water partition coefficient (Wildman–Crippen LogP) is 3.38. The van der Waals surface area contributed by atoms with E-state index in [0.29, 0.717) is 36.5 Å². The van der Waals surface area contributed by atoms with E-state index in [0.717, 1.165) is 11.1 Å². The number of benzene rings is 2. The normalized spacial score (nSPS) is 17.7. The van der Waals surface area contributed by atoms with Crippen molar-refractivity contribution < 1.29 is 13.2 Å². The van der Waals surface area contributed by atoms with Gasteiger partial charge in [-0.3, -0.25) is 4.79 Å². The smallest absolute Gasteiger partial charge is 0.243 e. The summed E-state index contributed by atoms with van der Waals surface area (Å²) in [6.45, 7) is 4.87. The molecule has 0 aliphatic carbocycles. The standard InChI is InChI=1S/C22H26ClN5O3S/c1-15(2)28-21-9-8-19(12-20(21)25-26-28)32(30,31)27-10-4-6-17(14-27)22(29)24-13-16-5-3-7-18(23)11-16/h3,5,7-9,11-12,15,17H,4,6,10,13-14H2,1-2H3,(H,24,29). The van der Waals surface area contributed by atoms with E-state index >= 15 is 0 Å². The van der Waals surface area contributed by atoms with E-state index in [-0.39, 0.29) is 23.4 Å². The van der Waals surface area contributed by atoms with Gasteiger partial charge in [-0.1, -0.05) is 28.9 Å². The number of carbonyl (C=O) groups is 1. The SMILES string of the molecule is CC(C)n1nnc2cc(S(=O)(=O)N3CCCC(C(=O)NCc4cccc(Cl)c4)C3)ccc21. The maximum Gasteiger partial charge on any atom is 0.243 e. The number of sulfonamides is 1. The van der Waals surface area contributed by atoms with Gasteiger partial charge in [0, 0.05) is 30.7 Å². The zero-order chi connectivity index (χ0) is 22.9. The lowest BCUT2D eigenvalue weighted by molar-refractivity contribution is -0.126. The van der Waals surface area contributed by atoms with Crippen LogP contribution >= 0.6 is 11.6 Å². The Morgan fingerprint density at radius 2 is 2.06 bits per heavy atom. The van der Waals surface area contributed by atoms with E-state index in [1.54, 1.807) is 35.0 Å². The lowest BCUT2D eigenvalue weighted by Crippen LogP contribution is -2.45. The Morgan fingerprint density at radius 3 is 2.81 bits per heavy atom. The summed E-state index contributed by atoms with van der Waals surface area (Å²) in [5, 5.41) is 11.7. The first kappa shape index (κ1) is 22.7. The molecule has 1 aromatic heterocycles. The third-order valence-corrected chi connectivity index (χ3v) is 7.78. The highest BCUT2D eigenvalue weighted by molar-refractivity contribution is 7.89. The Morgan fingerprint density at radius 1 is 1.25 bits per heavy atom. The number of hydrogen-bond donors (Lipinski definition) is 1. The second-order valence-corrected chi connectivity index (χ2v) is 10.7. The molecule has 0 bridgehead atoms. The van der Waals surface area contributed by atoms with Crippen LogP contribution in [0.4, 0.5) is 0 Å². The molecule has 10 heteroatoms. The molecule has 1 amide bonds. The van der Waals surface area contributed by atoms with E-state index in [4.69, 9.17) is 11.6 Å². The molecule has 8 nitrogen and oxygen atoms in total. The molecule has 3 aromatic rings. The number of amides is 1. The number of aromatic nitrogens is 3. The summed E-state index contributed by atoms with van der Waals surface area (Å²) < 4.78 is 29.7. The van der Waals surface area contributed by atoms with Crippen LogP contribution in [0.25, 0.3) is 11.0 Å². The average molecular weight is 476 g/mol. The van der Waals surface area contributed by atoms with E-state index in [9.17, 15) is 13.2 Å². The Balaban J connectivity index is 1.47. The minimum atomic E-state index is -3.74. The van der Waals surface area contributed by atoms with Crippen LogP contribution in [0.1, 0.15) is 38.3 Å². The Labute approximate surface area is 192 Å². The van der Waals surface area contributed by atoms with Crippen LogP contribution in [0.2, 0.25) is 5.02 Å². The number of carbonyl (C=O) groups excluding carboxylic acids is 1. The van der Waals surface area contributed by atoms with Crippen LogP contribution in [0.5, 0.6) is 0 Å². The van der Waals surface area contributed by atoms with E-state index in [1.807, 2.05) is 26.0 Å². The largest absolute Gasteiger partial charge is 0.352 e. The van der Waals surface area contributed by atoms with Crippen molar-refractivity contribution in [3.05, 3.63) is 53.1 Å². The van der Waals surface area contributed by atoms with E-state index in [2.05, 4.69) is 15.6 Å². The molecule has 4 rings (SSSR count). The molecule has 170 valence electrons. The van der Waals surface area contributed by atoms with Crippen LogP contribution in [-0.2, 0) is 21.4 Å². The van der Waals surface area contributed by atoms with Crippen LogP contribution in [-0.4, -0.2) is 46.7 Å². The average Bonchev–Trinajstić information content (AvgIpc) is 3.21. The van der Waals surface area contributed by atoms with Gasteiger partial charge in [0.15, 0.2) is 0 Å². The second kappa shape index (κ2) is 9.17. The lowest BCUT2D eigenvalue weighted by atomic mass is 9.99. The van der Waals surface area contributed by atoms with Crippen molar-refractivity contribution in [3.63, 3.8) is 0 Å². The number of fused-ring (bicyclic) bond motifs is 1. The van der Waals surface area contributed by atoms with Gasteiger partial charge in [-0.25, -0.2) is 13.1 Å². The number of nitrogens with zero attached hydrogens (tertiary/aromatic N) is 4. The maximum atomic E-state index is 13.3. The Bertz CT molecular complexity index is 1240. The van der Waals surface area contributed by atoms with E-state index < -0.39 is 15.9 Å². The molecule has 1 aliphatic heterocycles. The van der Waals surface area contributed by atoms with Gasteiger partial charge in [0.2, 0.25) is 15.9 Å². The zero-order valence-electron chi connectivity index (χ0n) is 18.0. The quantitative estimate of drug-likeness (QED) is 0.589. The second-order valence-electron chi connectivity index (χ2n) is 8.33. The summed E-state index contributed by atoms with van der Waals surface area (Å²) in [6, 6.07) is 12.3. The molecule has 1 fully saturated rings. The number of piperidine rings is 1. The van der Waals surface area contributed by atoms with Crippen LogP contribution in [0, 0.1) is 5.92 Å². The van der Waals surface area contributed by atoms with Gasteiger partial charge >= 0.3 is 0 Å².